The van der Waals surface area contributed by atoms with E-state index in [9.17, 15) is 16.8 Å². The SMILES string of the molecule is C=CCCC(CS(=O)(=O)OC)S(=O)(=O)OC. The lowest BCUT2D eigenvalue weighted by molar-refractivity contribution is 0.377. The van der Waals surface area contributed by atoms with E-state index in [0.29, 0.717) is 6.42 Å². The monoisotopic (exact) mass is 272 g/mol. The molecule has 0 aliphatic heterocycles. The van der Waals surface area contributed by atoms with E-state index in [4.69, 9.17) is 0 Å². The lowest BCUT2D eigenvalue weighted by atomic mass is 10.2. The van der Waals surface area contributed by atoms with E-state index in [1.165, 1.54) is 6.08 Å². The third-order valence-electron chi connectivity index (χ3n) is 1.98. The van der Waals surface area contributed by atoms with Crippen molar-refractivity contribution < 1.29 is 25.2 Å². The maximum atomic E-state index is 11.4. The van der Waals surface area contributed by atoms with Crippen LogP contribution in [0.2, 0.25) is 0 Å². The van der Waals surface area contributed by atoms with Crippen LogP contribution in [0.1, 0.15) is 12.8 Å². The summed E-state index contributed by atoms with van der Waals surface area (Å²) < 4.78 is 53.7. The highest BCUT2D eigenvalue weighted by Crippen LogP contribution is 2.14. The normalized spacial score (nSPS) is 14.6. The second-order valence-electron chi connectivity index (χ2n) is 3.04. The molecule has 16 heavy (non-hydrogen) atoms. The minimum absolute atomic E-state index is 0.127. The van der Waals surface area contributed by atoms with Crippen molar-refractivity contribution >= 4 is 20.2 Å². The number of rotatable bonds is 8. The average molecular weight is 272 g/mol. The Hall–Kier alpha value is -0.440. The summed E-state index contributed by atoms with van der Waals surface area (Å²) in [7, 11) is -5.74. The maximum absolute atomic E-state index is 11.4. The Morgan fingerprint density at radius 2 is 1.75 bits per heavy atom. The Bertz CT molecular complexity index is 408. The van der Waals surface area contributed by atoms with Crippen LogP contribution >= 0.6 is 0 Å². The molecule has 0 aliphatic carbocycles. The molecular weight excluding hydrogens is 256 g/mol. The van der Waals surface area contributed by atoms with Gasteiger partial charge in [-0.3, -0.25) is 8.37 Å². The molecule has 0 saturated heterocycles. The van der Waals surface area contributed by atoms with E-state index in [0.717, 1.165) is 14.2 Å². The van der Waals surface area contributed by atoms with Crippen LogP contribution in [-0.2, 0) is 28.6 Å². The summed E-state index contributed by atoms with van der Waals surface area (Å²) in [6.45, 7) is 3.44. The topological polar surface area (TPSA) is 86.7 Å². The molecule has 0 heterocycles. The van der Waals surface area contributed by atoms with Crippen molar-refractivity contribution in [1.29, 1.82) is 0 Å². The zero-order valence-electron chi connectivity index (χ0n) is 9.25. The molecule has 0 aliphatic rings. The fraction of sp³-hybridized carbons (Fsp3) is 0.750. The third kappa shape index (κ3) is 5.06. The highest BCUT2D eigenvalue weighted by atomic mass is 32.2. The van der Waals surface area contributed by atoms with E-state index in [1.54, 1.807) is 0 Å². The predicted molar refractivity (Wildman–Crippen MR) is 59.9 cm³/mol. The van der Waals surface area contributed by atoms with Gasteiger partial charge < -0.3 is 0 Å². The van der Waals surface area contributed by atoms with E-state index in [1.807, 2.05) is 0 Å². The molecule has 0 aromatic carbocycles. The molecule has 0 aromatic heterocycles. The molecule has 96 valence electrons. The lowest BCUT2D eigenvalue weighted by Crippen LogP contribution is -2.30. The van der Waals surface area contributed by atoms with Crippen LogP contribution in [0.5, 0.6) is 0 Å². The molecule has 0 N–H and O–H groups in total. The molecule has 0 amide bonds. The van der Waals surface area contributed by atoms with Crippen molar-refractivity contribution in [2.45, 2.75) is 18.1 Å². The molecule has 0 bridgehead atoms. The summed E-state index contributed by atoms with van der Waals surface area (Å²) in [5.74, 6) is -0.618. The molecule has 6 nitrogen and oxygen atoms in total. The Balaban J connectivity index is 4.90. The summed E-state index contributed by atoms with van der Waals surface area (Å²) in [5, 5.41) is -1.14. The number of allylic oxidation sites excluding steroid dienone is 1. The zero-order valence-corrected chi connectivity index (χ0v) is 10.9. The smallest absolute Gasteiger partial charge is 0.271 e. The minimum atomic E-state index is -3.88. The summed E-state index contributed by atoms with van der Waals surface area (Å²) in [5.41, 5.74) is 0. The van der Waals surface area contributed by atoms with E-state index >= 15 is 0 Å². The first kappa shape index (κ1) is 15.6. The Labute approximate surface area is 96.5 Å². The van der Waals surface area contributed by atoms with Gasteiger partial charge in [0.1, 0.15) is 5.25 Å². The van der Waals surface area contributed by atoms with Crippen LogP contribution in [0.3, 0.4) is 0 Å². The molecule has 1 atom stereocenters. The fourth-order valence-corrected chi connectivity index (χ4v) is 3.67. The van der Waals surface area contributed by atoms with Crippen LogP contribution in [0.4, 0.5) is 0 Å². The van der Waals surface area contributed by atoms with Crippen molar-refractivity contribution in [3.63, 3.8) is 0 Å². The van der Waals surface area contributed by atoms with Gasteiger partial charge in [0.05, 0.1) is 20.0 Å². The fourth-order valence-electron chi connectivity index (χ4n) is 1.05. The first-order valence-electron chi connectivity index (χ1n) is 4.47. The third-order valence-corrected chi connectivity index (χ3v) is 5.19. The molecule has 8 heteroatoms. The average Bonchev–Trinajstić information content (AvgIpc) is 2.24. The second kappa shape index (κ2) is 6.33. The van der Waals surface area contributed by atoms with Crippen molar-refractivity contribution in [1.82, 2.24) is 0 Å². The Morgan fingerprint density at radius 1 is 1.19 bits per heavy atom. The maximum Gasteiger partial charge on any atom is 0.271 e. The Kier molecular flexibility index (Phi) is 6.16. The number of hydrogen-bond acceptors (Lipinski definition) is 6. The molecule has 0 aromatic rings. The first-order valence-corrected chi connectivity index (χ1v) is 7.52. The van der Waals surface area contributed by atoms with E-state index < -0.39 is 31.2 Å². The van der Waals surface area contributed by atoms with Gasteiger partial charge in [-0.2, -0.15) is 16.8 Å². The minimum Gasteiger partial charge on any atom is -0.273 e. The quantitative estimate of drug-likeness (QED) is 0.466. The van der Waals surface area contributed by atoms with Gasteiger partial charge in [0, 0.05) is 0 Å². The highest BCUT2D eigenvalue weighted by molar-refractivity contribution is 7.91. The summed E-state index contributed by atoms with van der Waals surface area (Å²) >= 11 is 0. The van der Waals surface area contributed by atoms with Gasteiger partial charge in [-0.1, -0.05) is 6.08 Å². The largest absolute Gasteiger partial charge is 0.273 e. The molecule has 1 unspecified atom stereocenters. The van der Waals surface area contributed by atoms with Gasteiger partial charge in [0.25, 0.3) is 20.2 Å². The first-order chi connectivity index (χ1) is 7.29. The van der Waals surface area contributed by atoms with Gasteiger partial charge in [0.15, 0.2) is 0 Å². The van der Waals surface area contributed by atoms with Gasteiger partial charge in [-0.25, -0.2) is 0 Å². The predicted octanol–water partition coefficient (Wildman–Crippen LogP) is 0.274. The molecule has 0 saturated carbocycles. The molecule has 0 rings (SSSR count). The van der Waals surface area contributed by atoms with Crippen LogP contribution in [0, 0.1) is 0 Å². The molecular formula is C8H16O6S2. The van der Waals surface area contributed by atoms with Crippen LogP contribution < -0.4 is 0 Å². The Morgan fingerprint density at radius 3 is 2.12 bits per heavy atom. The molecule has 0 spiro atoms. The van der Waals surface area contributed by atoms with E-state index in [-0.39, 0.29) is 6.42 Å². The van der Waals surface area contributed by atoms with Crippen LogP contribution in [0.25, 0.3) is 0 Å². The zero-order chi connectivity index (χ0) is 12.8. The van der Waals surface area contributed by atoms with Crippen molar-refractivity contribution in [2.75, 3.05) is 20.0 Å². The van der Waals surface area contributed by atoms with Crippen molar-refractivity contribution in [2.24, 2.45) is 0 Å². The molecule has 0 radical (unpaired) electrons. The number of hydrogen-bond donors (Lipinski definition) is 0. The van der Waals surface area contributed by atoms with Gasteiger partial charge in [-0.15, -0.1) is 6.58 Å². The highest BCUT2D eigenvalue weighted by Gasteiger charge is 2.30. The van der Waals surface area contributed by atoms with Crippen molar-refractivity contribution in [3.05, 3.63) is 12.7 Å². The standard InChI is InChI=1S/C8H16O6S2/c1-4-5-6-8(16(11,12)14-3)7-15(9,10)13-2/h4,8H,1,5-7H2,2-3H3. The van der Waals surface area contributed by atoms with Crippen LogP contribution in [0.15, 0.2) is 12.7 Å². The van der Waals surface area contributed by atoms with Gasteiger partial charge in [0.2, 0.25) is 0 Å². The second-order valence-corrected chi connectivity index (χ2v) is 6.81. The lowest BCUT2D eigenvalue weighted by Gasteiger charge is -2.14. The van der Waals surface area contributed by atoms with Crippen molar-refractivity contribution in [3.8, 4) is 0 Å². The van der Waals surface area contributed by atoms with E-state index in [2.05, 4.69) is 14.9 Å². The van der Waals surface area contributed by atoms with Gasteiger partial charge >= 0.3 is 0 Å². The summed E-state index contributed by atoms with van der Waals surface area (Å²) in [6, 6.07) is 0. The summed E-state index contributed by atoms with van der Waals surface area (Å²) in [6.07, 6.45) is 2.02. The van der Waals surface area contributed by atoms with Gasteiger partial charge in [-0.05, 0) is 12.8 Å². The summed E-state index contributed by atoms with van der Waals surface area (Å²) in [4.78, 5) is 0. The molecule has 0 fully saturated rings. The van der Waals surface area contributed by atoms with Crippen LogP contribution in [-0.4, -0.2) is 42.1 Å².